The molecule has 1 fully saturated rings. The first kappa shape index (κ1) is 22.7. The molecule has 0 spiro atoms. The molecule has 0 aliphatic carbocycles. The highest BCUT2D eigenvalue weighted by molar-refractivity contribution is 6.07. The molecule has 2 aromatic carbocycles. The number of aromatic nitrogens is 2. The van der Waals surface area contributed by atoms with Crippen LogP contribution in [-0.2, 0) is 0 Å². The molecule has 8 heteroatoms. The molecule has 0 unspecified atom stereocenters. The smallest absolute Gasteiger partial charge is 0.259 e. The third-order valence-corrected chi connectivity index (χ3v) is 6.49. The van der Waals surface area contributed by atoms with Gasteiger partial charge in [-0.15, -0.1) is 0 Å². The Balaban J connectivity index is 1.34. The molecule has 1 saturated heterocycles. The molecule has 7 nitrogen and oxygen atoms in total. The van der Waals surface area contributed by atoms with Crippen molar-refractivity contribution in [2.45, 2.75) is 32.7 Å². The summed E-state index contributed by atoms with van der Waals surface area (Å²) < 4.78 is 18.8. The van der Waals surface area contributed by atoms with Crippen LogP contribution in [0.25, 0.3) is 22.4 Å². The molecule has 0 saturated carbocycles. The number of nitrogens with one attached hydrogen (secondary N) is 1. The van der Waals surface area contributed by atoms with Gasteiger partial charge < -0.3 is 14.7 Å². The number of aryl methyl sites for hydroxylation is 2. The number of likely N-dealkylation sites (tertiary alicyclic amines) is 1. The Hall–Kier alpha value is -4.07. The topological polar surface area (TPSA) is 88.3 Å². The van der Waals surface area contributed by atoms with Crippen LogP contribution >= 0.6 is 0 Å². The van der Waals surface area contributed by atoms with Crippen LogP contribution in [0.2, 0.25) is 0 Å². The number of carbonyl (C=O) groups is 2. The van der Waals surface area contributed by atoms with E-state index >= 15 is 0 Å². The average molecular weight is 473 g/mol. The van der Waals surface area contributed by atoms with E-state index in [-0.39, 0.29) is 29.4 Å². The molecule has 0 bridgehead atoms. The van der Waals surface area contributed by atoms with Gasteiger partial charge in [0.2, 0.25) is 0 Å². The summed E-state index contributed by atoms with van der Waals surface area (Å²) in [5.74, 6) is -0.581. The Morgan fingerprint density at radius 3 is 2.46 bits per heavy atom. The number of amides is 2. The Kier molecular flexibility index (Phi) is 6.03. The van der Waals surface area contributed by atoms with Crippen LogP contribution < -0.4 is 5.32 Å². The van der Waals surface area contributed by atoms with E-state index in [2.05, 4.69) is 15.5 Å². The fraction of sp³-hybridized carbons (Fsp3) is 0.259. The van der Waals surface area contributed by atoms with Gasteiger partial charge in [-0.05, 0) is 68.7 Å². The maximum Gasteiger partial charge on any atom is 0.259 e. The summed E-state index contributed by atoms with van der Waals surface area (Å²) in [6.07, 6.45) is 1.32. The van der Waals surface area contributed by atoms with E-state index in [0.717, 1.165) is 5.56 Å². The van der Waals surface area contributed by atoms with E-state index < -0.39 is 0 Å². The van der Waals surface area contributed by atoms with E-state index in [1.54, 1.807) is 30.0 Å². The van der Waals surface area contributed by atoms with Gasteiger partial charge in [0.1, 0.15) is 5.82 Å². The van der Waals surface area contributed by atoms with Gasteiger partial charge in [-0.3, -0.25) is 9.59 Å². The lowest BCUT2D eigenvalue weighted by molar-refractivity contribution is 0.0700. The zero-order valence-corrected chi connectivity index (χ0v) is 19.5. The maximum absolute atomic E-state index is 13.6. The first-order valence-electron chi connectivity index (χ1n) is 11.6. The number of hydrogen-bond donors (Lipinski definition) is 1. The molecule has 1 N–H and O–H groups in total. The minimum absolute atomic E-state index is 0.00396. The van der Waals surface area contributed by atoms with Crippen molar-refractivity contribution in [2.75, 3.05) is 13.1 Å². The Bertz CT molecular complexity index is 1410. The van der Waals surface area contributed by atoms with Crippen LogP contribution in [0.4, 0.5) is 4.39 Å². The van der Waals surface area contributed by atoms with E-state index in [9.17, 15) is 14.0 Å². The summed E-state index contributed by atoms with van der Waals surface area (Å²) in [6.45, 7) is 4.71. The number of rotatable bonds is 4. The summed E-state index contributed by atoms with van der Waals surface area (Å²) in [7, 11) is 0. The molecule has 1 aliphatic rings. The largest absolute Gasteiger partial charge is 0.349 e. The zero-order chi connectivity index (χ0) is 24.5. The van der Waals surface area contributed by atoms with Crippen LogP contribution in [0.1, 0.15) is 44.8 Å². The summed E-state index contributed by atoms with van der Waals surface area (Å²) in [5, 5.41) is 7.68. The lowest BCUT2D eigenvalue weighted by Gasteiger charge is -2.32. The highest BCUT2D eigenvalue weighted by Crippen LogP contribution is 2.29. The number of fused-ring (bicyclic) bond motifs is 1. The van der Waals surface area contributed by atoms with Crippen LogP contribution in [0.15, 0.2) is 59.1 Å². The lowest BCUT2D eigenvalue weighted by atomic mass is 10.0. The van der Waals surface area contributed by atoms with Gasteiger partial charge in [0, 0.05) is 30.3 Å². The van der Waals surface area contributed by atoms with Crippen molar-refractivity contribution in [1.82, 2.24) is 20.4 Å². The first-order valence-corrected chi connectivity index (χ1v) is 11.6. The predicted octanol–water partition coefficient (Wildman–Crippen LogP) is 4.68. The number of carbonyl (C=O) groups excluding carboxylic acids is 2. The monoisotopic (exact) mass is 472 g/mol. The molecule has 2 aromatic heterocycles. The Morgan fingerprint density at radius 2 is 1.74 bits per heavy atom. The first-order chi connectivity index (χ1) is 16.9. The number of nitrogens with zero attached hydrogens (tertiary/aromatic N) is 3. The molecule has 178 valence electrons. The van der Waals surface area contributed by atoms with Crippen molar-refractivity contribution >= 4 is 22.9 Å². The highest BCUT2D eigenvalue weighted by Gasteiger charge is 2.28. The van der Waals surface area contributed by atoms with Crippen LogP contribution in [0, 0.1) is 19.7 Å². The van der Waals surface area contributed by atoms with Crippen LogP contribution in [0.3, 0.4) is 0 Å². The molecule has 5 rings (SSSR count). The second kappa shape index (κ2) is 9.29. The number of hydrogen-bond acceptors (Lipinski definition) is 5. The number of pyridine rings is 1. The molecule has 0 radical (unpaired) electrons. The Labute approximate surface area is 201 Å². The predicted molar refractivity (Wildman–Crippen MR) is 130 cm³/mol. The standard InChI is InChI=1S/C27H25FN4O3/c1-16-5-3-4-6-21(16)25(33)29-20-11-13-32(14-12-20)27(34)22-15-23(18-7-9-19(28)10-8-18)30-26-24(22)17(2)31-35-26/h3-10,15,20H,11-14H2,1-2H3,(H,29,33). The van der Waals surface area contributed by atoms with E-state index in [1.165, 1.54) is 12.1 Å². The maximum atomic E-state index is 13.6. The average Bonchev–Trinajstić information content (AvgIpc) is 3.25. The van der Waals surface area contributed by atoms with Crippen molar-refractivity contribution in [3.63, 3.8) is 0 Å². The minimum atomic E-state index is -0.348. The van der Waals surface area contributed by atoms with E-state index in [4.69, 9.17) is 4.52 Å². The van der Waals surface area contributed by atoms with Gasteiger partial charge in [0.15, 0.2) is 0 Å². The second-order valence-corrected chi connectivity index (χ2v) is 8.86. The van der Waals surface area contributed by atoms with Crippen LogP contribution in [-0.4, -0.2) is 46.0 Å². The molecular formula is C27H25FN4O3. The molecule has 1 aliphatic heterocycles. The van der Waals surface area contributed by atoms with Crippen molar-refractivity contribution in [3.05, 3.63) is 82.8 Å². The van der Waals surface area contributed by atoms with Gasteiger partial charge in [0.25, 0.3) is 17.5 Å². The normalized spacial score (nSPS) is 14.3. The quantitative estimate of drug-likeness (QED) is 0.466. The van der Waals surface area contributed by atoms with Gasteiger partial charge >= 0.3 is 0 Å². The fourth-order valence-electron chi connectivity index (χ4n) is 4.52. The van der Waals surface area contributed by atoms with Crippen molar-refractivity contribution in [2.24, 2.45) is 0 Å². The zero-order valence-electron chi connectivity index (χ0n) is 19.5. The number of piperidine rings is 1. The summed E-state index contributed by atoms with van der Waals surface area (Å²) in [4.78, 5) is 32.5. The summed E-state index contributed by atoms with van der Waals surface area (Å²) in [6, 6.07) is 15.1. The van der Waals surface area contributed by atoms with E-state index in [1.807, 2.05) is 31.2 Å². The third kappa shape index (κ3) is 4.51. The van der Waals surface area contributed by atoms with Gasteiger partial charge in [0.05, 0.1) is 22.3 Å². The molecule has 3 heterocycles. The minimum Gasteiger partial charge on any atom is -0.349 e. The second-order valence-electron chi connectivity index (χ2n) is 8.86. The molecular weight excluding hydrogens is 447 g/mol. The van der Waals surface area contributed by atoms with Gasteiger partial charge in [-0.25, -0.2) is 9.37 Å². The van der Waals surface area contributed by atoms with Gasteiger partial charge in [-0.1, -0.05) is 23.4 Å². The number of benzene rings is 2. The van der Waals surface area contributed by atoms with Gasteiger partial charge in [-0.2, -0.15) is 0 Å². The number of halogens is 1. The van der Waals surface area contributed by atoms with Crippen molar-refractivity contribution in [1.29, 1.82) is 0 Å². The molecule has 4 aromatic rings. The van der Waals surface area contributed by atoms with Crippen molar-refractivity contribution in [3.8, 4) is 11.3 Å². The SMILES string of the molecule is Cc1ccccc1C(=O)NC1CCN(C(=O)c2cc(-c3ccc(F)cc3)nc3onc(C)c23)CC1. The lowest BCUT2D eigenvalue weighted by Crippen LogP contribution is -2.46. The molecule has 35 heavy (non-hydrogen) atoms. The fourth-order valence-corrected chi connectivity index (χ4v) is 4.52. The molecule has 0 atom stereocenters. The van der Waals surface area contributed by atoms with Crippen LogP contribution in [0.5, 0.6) is 0 Å². The van der Waals surface area contributed by atoms with E-state index in [0.29, 0.717) is 59.4 Å². The summed E-state index contributed by atoms with van der Waals surface area (Å²) in [5.41, 5.74) is 4.10. The van der Waals surface area contributed by atoms with Crippen molar-refractivity contribution < 1.29 is 18.5 Å². The Morgan fingerprint density at radius 1 is 1.03 bits per heavy atom. The highest BCUT2D eigenvalue weighted by atomic mass is 19.1. The third-order valence-electron chi connectivity index (χ3n) is 6.49. The molecule has 2 amide bonds. The summed E-state index contributed by atoms with van der Waals surface area (Å²) >= 11 is 0.